The molecule has 1 aromatic rings. The summed E-state index contributed by atoms with van der Waals surface area (Å²) < 4.78 is 6.12. The highest BCUT2D eigenvalue weighted by atomic mass is 32.2. The van der Waals surface area contributed by atoms with Gasteiger partial charge in [-0.3, -0.25) is 9.97 Å². The van der Waals surface area contributed by atoms with E-state index in [0.717, 1.165) is 25.1 Å². The van der Waals surface area contributed by atoms with Crippen molar-refractivity contribution in [2.75, 3.05) is 18.1 Å². The molecule has 2 aliphatic rings. The van der Waals surface area contributed by atoms with Crippen LogP contribution in [0, 0.1) is 5.92 Å². The third-order valence-corrected chi connectivity index (χ3v) is 5.35. The number of hydrogen-bond acceptors (Lipinski definition) is 5. The van der Waals surface area contributed by atoms with Gasteiger partial charge in [-0.2, -0.15) is 11.8 Å². The number of nitrogens with zero attached hydrogens (tertiary/aromatic N) is 2. The summed E-state index contributed by atoms with van der Waals surface area (Å²) in [5.41, 5.74) is 7.40. The van der Waals surface area contributed by atoms with Crippen molar-refractivity contribution in [1.82, 2.24) is 9.97 Å². The van der Waals surface area contributed by atoms with Crippen LogP contribution in [0.2, 0.25) is 0 Å². The van der Waals surface area contributed by atoms with E-state index in [4.69, 9.17) is 10.5 Å². The molecule has 2 saturated heterocycles. The van der Waals surface area contributed by atoms with E-state index >= 15 is 0 Å². The molecular formula is C14H21N3OS. The molecule has 0 radical (unpaired) electrons. The van der Waals surface area contributed by atoms with Crippen LogP contribution in [0.1, 0.15) is 37.4 Å². The van der Waals surface area contributed by atoms with Gasteiger partial charge in [-0.15, -0.1) is 0 Å². The van der Waals surface area contributed by atoms with Crippen LogP contribution in [0.15, 0.2) is 18.6 Å². The monoisotopic (exact) mass is 279 g/mol. The van der Waals surface area contributed by atoms with Crippen LogP contribution in [0.3, 0.4) is 0 Å². The number of ether oxygens (including phenoxy) is 1. The minimum absolute atomic E-state index is 0.0101. The van der Waals surface area contributed by atoms with E-state index in [1.807, 2.05) is 11.8 Å². The molecule has 0 bridgehead atoms. The summed E-state index contributed by atoms with van der Waals surface area (Å²) in [5.74, 6) is 2.90. The third kappa shape index (κ3) is 2.93. The van der Waals surface area contributed by atoms with Crippen LogP contribution in [0.4, 0.5) is 0 Å². The molecular weight excluding hydrogens is 258 g/mol. The third-order valence-electron chi connectivity index (χ3n) is 4.37. The fraction of sp³-hybridized carbons (Fsp3) is 0.714. The number of rotatable bonds is 2. The molecule has 5 heteroatoms. The maximum absolute atomic E-state index is 6.40. The minimum Gasteiger partial charge on any atom is -0.375 e. The van der Waals surface area contributed by atoms with E-state index in [0.29, 0.717) is 5.92 Å². The summed E-state index contributed by atoms with van der Waals surface area (Å²) >= 11 is 2.03. The standard InChI is InChI=1S/C14H21N3OS/c15-13(12-10-16-4-5-17-12)11-1-6-18-14(9-11)2-7-19-8-3-14/h4-5,10-11,13H,1-3,6-9,15H2. The van der Waals surface area contributed by atoms with Gasteiger partial charge in [-0.05, 0) is 43.1 Å². The van der Waals surface area contributed by atoms with Crippen molar-refractivity contribution in [3.63, 3.8) is 0 Å². The van der Waals surface area contributed by atoms with Gasteiger partial charge in [0.25, 0.3) is 0 Å². The van der Waals surface area contributed by atoms with E-state index < -0.39 is 0 Å². The second kappa shape index (κ2) is 5.77. The van der Waals surface area contributed by atoms with Gasteiger partial charge < -0.3 is 10.5 Å². The predicted octanol–water partition coefficient (Wildman–Crippen LogP) is 2.17. The van der Waals surface area contributed by atoms with Crippen molar-refractivity contribution in [2.24, 2.45) is 11.7 Å². The molecule has 0 aliphatic carbocycles. The molecule has 2 atom stereocenters. The first-order chi connectivity index (χ1) is 9.29. The number of thioether (sulfide) groups is 1. The van der Waals surface area contributed by atoms with Gasteiger partial charge in [0, 0.05) is 25.2 Å². The Balaban J connectivity index is 1.71. The number of aromatic nitrogens is 2. The normalized spacial score (nSPS) is 28.2. The van der Waals surface area contributed by atoms with Crippen LogP contribution >= 0.6 is 11.8 Å². The summed E-state index contributed by atoms with van der Waals surface area (Å²) in [6, 6.07) is -0.0101. The first kappa shape index (κ1) is 13.3. The van der Waals surface area contributed by atoms with Crippen LogP contribution in [-0.4, -0.2) is 33.7 Å². The quantitative estimate of drug-likeness (QED) is 0.899. The lowest BCUT2D eigenvalue weighted by atomic mass is 9.78. The Hall–Kier alpha value is -0.650. The summed E-state index contributed by atoms with van der Waals surface area (Å²) in [6.45, 7) is 0.837. The highest BCUT2D eigenvalue weighted by Gasteiger charge is 2.40. The molecule has 0 saturated carbocycles. The van der Waals surface area contributed by atoms with Crippen LogP contribution < -0.4 is 5.73 Å². The molecule has 2 fully saturated rings. The van der Waals surface area contributed by atoms with Gasteiger partial charge >= 0.3 is 0 Å². The zero-order valence-electron chi connectivity index (χ0n) is 11.1. The fourth-order valence-corrected chi connectivity index (χ4v) is 4.43. The zero-order chi connectivity index (χ0) is 13.1. The molecule has 1 aromatic heterocycles. The Morgan fingerprint density at radius 2 is 2.21 bits per heavy atom. The lowest BCUT2D eigenvalue weighted by Crippen LogP contribution is -2.45. The van der Waals surface area contributed by atoms with Crippen LogP contribution in [0.5, 0.6) is 0 Å². The lowest BCUT2D eigenvalue weighted by molar-refractivity contribution is -0.106. The van der Waals surface area contributed by atoms with Crippen LogP contribution in [0.25, 0.3) is 0 Å². The number of hydrogen-bond donors (Lipinski definition) is 1. The van der Waals surface area contributed by atoms with Crippen molar-refractivity contribution < 1.29 is 4.74 Å². The highest BCUT2D eigenvalue weighted by molar-refractivity contribution is 7.99. The SMILES string of the molecule is NC(c1cnccn1)C1CCOC2(CCSCC2)C1. The molecule has 19 heavy (non-hydrogen) atoms. The molecule has 3 rings (SSSR count). The van der Waals surface area contributed by atoms with Gasteiger partial charge in [0.1, 0.15) is 0 Å². The molecule has 1 spiro atoms. The van der Waals surface area contributed by atoms with Gasteiger partial charge in [0.2, 0.25) is 0 Å². The van der Waals surface area contributed by atoms with E-state index in [-0.39, 0.29) is 11.6 Å². The highest BCUT2D eigenvalue weighted by Crippen LogP contribution is 2.42. The van der Waals surface area contributed by atoms with E-state index in [2.05, 4.69) is 9.97 Å². The lowest BCUT2D eigenvalue weighted by Gasteiger charge is -2.44. The first-order valence-electron chi connectivity index (χ1n) is 7.02. The first-order valence-corrected chi connectivity index (χ1v) is 8.18. The molecule has 2 unspecified atom stereocenters. The molecule has 2 aliphatic heterocycles. The summed E-state index contributed by atoms with van der Waals surface area (Å²) in [7, 11) is 0. The second-order valence-corrected chi connectivity index (χ2v) is 6.78. The zero-order valence-corrected chi connectivity index (χ0v) is 11.9. The van der Waals surface area contributed by atoms with Gasteiger partial charge in [-0.1, -0.05) is 0 Å². The Kier molecular flexibility index (Phi) is 4.05. The van der Waals surface area contributed by atoms with Crippen molar-refractivity contribution in [1.29, 1.82) is 0 Å². The van der Waals surface area contributed by atoms with Crippen molar-refractivity contribution in [3.05, 3.63) is 24.3 Å². The molecule has 4 nitrogen and oxygen atoms in total. The largest absolute Gasteiger partial charge is 0.375 e. The maximum Gasteiger partial charge on any atom is 0.0756 e. The van der Waals surface area contributed by atoms with E-state index in [9.17, 15) is 0 Å². The van der Waals surface area contributed by atoms with E-state index in [1.165, 1.54) is 24.3 Å². The Labute approximate surface area is 118 Å². The average molecular weight is 279 g/mol. The topological polar surface area (TPSA) is 61.0 Å². The molecule has 2 N–H and O–H groups in total. The molecule has 0 aromatic carbocycles. The molecule has 0 amide bonds. The van der Waals surface area contributed by atoms with Gasteiger partial charge in [0.05, 0.1) is 17.3 Å². The molecule has 104 valence electrons. The van der Waals surface area contributed by atoms with Crippen molar-refractivity contribution in [3.8, 4) is 0 Å². The van der Waals surface area contributed by atoms with Gasteiger partial charge in [0.15, 0.2) is 0 Å². The summed E-state index contributed by atoms with van der Waals surface area (Å²) in [6.07, 6.45) is 9.66. The van der Waals surface area contributed by atoms with Crippen molar-refractivity contribution in [2.45, 2.75) is 37.3 Å². The summed E-state index contributed by atoms with van der Waals surface area (Å²) in [5, 5.41) is 0. The van der Waals surface area contributed by atoms with Gasteiger partial charge in [-0.25, -0.2) is 0 Å². The minimum atomic E-state index is -0.0101. The summed E-state index contributed by atoms with van der Waals surface area (Å²) in [4.78, 5) is 8.48. The average Bonchev–Trinajstić information content (AvgIpc) is 2.48. The van der Waals surface area contributed by atoms with Crippen molar-refractivity contribution >= 4 is 11.8 Å². The maximum atomic E-state index is 6.40. The molecule has 3 heterocycles. The van der Waals surface area contributed by atoms with Crippen LogP contribution in [-0.2, 0) is 4.74 Å². The van der Waals surface area contributed by atoms with E-state index in [1.54, 1.807) is 18.6 Å². The Morgan fingerprint density at radius 1 is 1.37 bits per heavy atom. The smallest absolute Gasteiger partial charge is 0.0756 e. The number of nitrogens with two attached hydrogens (primary N) is 1. The Bertz CT molecular complexity index is 403. The fourth-order valence-electron chi connectivity index (χ4n) is 3.19. The Morgan fingerprint density at radius 3 is 2.95 bits per heavy atom. The second-order valence-electron chi connectivity index (χ2n) is 5.55. The predicted molar refractivity (Wildman–Crippen MR) is 76.9 cm³/mol.